The van der Waals surface area contributed by atoms with Gasteiger partial charge in [-0.05, 0) is 24.1 Å². The van der Waals surface area contributed by atoms with Crippen molar-refractivity contribution in [2.75, 3.05) is 0 Å². The average Bonchev–Trinajstić information content (AvgIpc) is 2.75. The van der Waals surface area contributed by atoms with E-state index in [1.54, 1.807) is 13.0 Å². The van der Waals surface area contributed by atoms with Gasteiger partial charge in [-0.1, -0.05) is 24.3 Å². The van der Waals surface area contributed by atoms with Gasteiger partial charge in [0.1, 0.15) is 0 Å². The number of rotatable bonds is 1. The maximum Gasteiger partial charge on any atom is 0.299 e. The summed E-state index contributed by atoms with van der Waals surface area (Å²) in [5, 5.41) is 11.1. The third-order valence-corrected chi connectivity index (χ3v) is 3.46. The summed E-state index contributed by atoms with van der Waals surface area (Å²) in [4.78, 5) is 22.6. The van der Waals surface area contributed by atoms with Crippen LogP contribution >= 0.6 is 0 Å². The predicted octanol–water partition coefficient (Wildman–Crippen LogP) is 1.89. The van der Waals surface area contributed by atoms with Gasteiger partial charge in [0.05, 0.1) is 4.92 Å². The largest absolute Gasteiger partial charge is 0.390 e. The quantitative estimate of drug-likeness (QED) is 0.612. The maximum atomic E-state index is 12.1. The highest BCUT2D eigenvalue weighted by Crippen LogP contribution is 2.43. The highest BCUT2D eigenvalue weighted by molar-refractivity contribution is 6.26. The van der Waals surface area contributed by atoms with E-state index < -0.39 is 10.7 Å². The molecule has 3 rings (SSSR count). The summed E-state index contributed by atoms with van der Waals surface area (Å²) in [7, 11) is 0. The molecule has 19 heavy (non-hydrogen) atoms. The number of benzene rings is 1. The Balaban J connectivity index is 2.35. The number of allylic oxidation sites excluding steroid dienone is 3. The number of ketones is 1. The van der Waals surface area contributed by atoms with Crippen LogP contribution in [0.4, 0.5) is 0 Å². The standard InChI is InChI=1S/C14H10N2O3/c1-7-11-9-5-3-2-4-8(9)6-10(11)14(17)12(15)13(7)16(18)19/h2-6H,15H2,1H3. The predicted molar refractivity (Wildman–Crippen MR) is 70.2 cm³/mol. The van der Waals surface area contributed by atoms with Crippen molar-refractivity contribution in [1.82, 2.24) is 0 Å². The summed E-state index contributed by atoms with van der Waals surface area (Å²) in [6, 6.07) is 7.42. The first kappa shape index (κ1) is 11.4. The zero-order chi connectivity index (χ0) is 13.7. The van der Waals surface area contributed by atoms with Crippen LogP contribution in [0.5, 0.6) is 0 Å². The van der Waals surface area contributed by atoms with Crippen molar-refractivity contribution >= 4 is 17.4 Å². The summed E-state index contributed by atoms with van der Waals surface area (Å²) in [6.45, 7) is 1.63. The zero-order valence-electron chi connectivity index (χ0n) is 10.1. The molecule has 2 aliphatic carbocycles. The third-order valence-electron chi connectivity index (χ3n) is 3.46. The van der Waals surface area contributed by atoms with Gasteiger partial charge in [-0.15, -0.1) is 0 Å². The molecule has 0 aliphatic heterocycles. The normalized spacial score (nSPS) is 17.3. The van der Waals surface area contributed by atoms with Gasteiger partial charge in [0.25, 0.3) is 5.70 Å². The molecule has 2 aliphatic rings. The van der Waals surface area contributed by atoms with Crippen LogP contribution in [-0.4, -0.2) is 10.7 Å². The van der Waals surface area contributed by atoms with Gasteiger partial charge in [-0.25, -0.2) is 0 Å². The van der Waals surface area contributed by atoms with Crippen molar-refractivity contribution in [1.29, 1.82) is 0 Å². The van der Waals surface area contributed by atoms with Crippen molar-refractivity contribution in [2.45, 2.75) is 6.92 Å². The molecule has 1 aromatic carbocycles. The lowest BCUT2D eigenvalue weighted by Crippen LogP contribution is -2.24. The summed E-state index contributed by atoms with van der Waals surface area (Å²) in [5.74, 6) is -0.469. The van der Waals surface area contributed by atoms with Crippen LogP contribution in [0.2, 0.25) is 0 Å². The number of nitro groups is 1. The van der Waals surface area contributed by atoms with E-state index in [0.29, 0.717) is 16.7 Å². The molecule has 0 spiro atoms. The number of Topliss-reactive ketones (excluding diaryl/α,β-unsaturated/α-hetero) is 1. The number of carbonyl (C=O) groups is 1. The fraction of sp³-hybridized carbons (Fsp3) is 0.0714. The smallest absolute Gasteiger partial charge is 0.299 e. The molecule has 0 atom stereocenters. The molecule has 0 amide bonds. The van der Waals surface area contributed by atoms with Crippen LogP contribution in [0.25, 0.3) is 11.6 Å². The number of carbonyl (C=O) groups excluding carboxylic acids is 1. The Hall–Kier alpha value is -2.69. The molecule has 94 valence electrons. The second-order valence-electron chi connectivity index (χ2n) is 4.49. The molecule has 0 fully saturated rings. The van der Waals surface area contributed by atoms with E-state index in [1.807, 2.05) is 24.3 Å². The summed E-state index contributed by atoms with van der Waals surface area (Å²) in [5.41, 5.74) is 8.29. The Labute approximate surface area is 108 Å². The lowest BCUT2D eigenvalue weighted by Gasteiger charge is -2.16. The third kappa shape index (κ3) is 1.38. The second-order valence-corrected chi connectivity index (χ2v) is 4.49. The van der Waals surface area contributed by atoms with Crippen LogP contribution in [-0.2, 0) is 4.79 Å². The van der Waals surface area contributed by atoms with Crippen LogP contribution in [0, 0.1) is 10.1 Å². The SMILES string of the molecule is CC1=C2C(=Cc3ccccc32)C(=O)C(N)=C1[N+](=O)[O-]. The fourth-order valence-electron chi connectivity index (χ4n) is 2.61. The van der Waals surface area contributed by atoms with Gasteiger partial charge in [-0.2, -0.15) is 0 Å². The highest BCUT2D eigenvalue weighted by atomic mass is 16.6. The van der Waals surface area contributed by atoms with E-state index in [1.165, 1.54) is 0 Å². The second kappa shape index (κ2) is 3.65. The maximum absolute atomic E-state index is 12.1. The number of hydrogen-bond acceptors (Lipinski definition) is 4. The topological polar surface area (TPSA) is 86.2 Å². The summed E-state index contributed by atoms with van der Waals surface area (Å²) >= 11 is 0. The van der Waals surface area contributed by atoms with E-state index in [9.17, 15) is 14.9 Å². The van der Waals surface area contributed by atoms with Crippen molar-refractivity contribution in [3.05, 3.63) is 68.0 Å². The van der Waals surface area contributed by atoms with E-state index >= 15 is 0 Å². The Morgan fingerprint density at radius 3 is 2.63 bits per heavy atom. The van der Waals surface area contributed by atoms with Gasteiger partial charge in [-0.3, -0.25) is 14.9 Å². The summed E-state index contributed by atoms with van der Waals surface area (Å²) in [6.07, 6.45) is 1.74. The van der Waals surface area contributed by atoms with Gasteiger partial charge >= 0.3 is 0 Å². The zero-order valence-corrected chi connectivity index (χ0v) is 10.1. The van der Waals surface area contributed by atoms with Crippen molar-refractivity contribution in [2.24, 2.45) is 5.73 Å². The monoisotopic (exact) mass is 254 g/mol. The minimum Gasteiger partial charge on any atom is -0.390 e. The average molecular weight is 254 g/mol. The highest BCUT2D eigenvalue weighted by Gasteiger charge is 2.38. The summed E-state index contributed by atoms with van der Waals surface area (Å²) < 4.78 is 0. The lowest BCUT2D eigenvalue weighted by molar-refractivity contribution is -0.421. The molecule has 0 unspecified atom stereocenters. The van der Waals surface area contributed by atoms with Gasteiger partial charge in [0, 0.05) is 16.7 Å². The van der Waals surface area contributed by atoms with E-state index in [4.69, 9.17) is 5.73 Å². The first-order valence-electron chi connectivity index (χ1n) is 5.74. The molecule has 2 N–H and O–H groups in total. The molecule has 0 aromatic heterocycles. The molecule has 0 saturated carbocycles. The number of hydrogen-bond donors (Lipinski definition) is 1. The van der Waals surface area contributed by atoms with Gasteiger partial charge in [0.2, 0.25) is 5.78 Å². The van der Waals surface area contributed by atoms with Crippen LogP contribution in [0.1, 0.15) is 18.1 Å². The Morgan fingerprint density at radius 1 is 1.26 bits per heavy atom. The van der Waals surface area contributed by atoms with E-state index in [0.717, 1.165) is 11.1 Å². The minimum absolute atomic E-state index is 0.283. The van der Waals surface area contributed by atoms with Crippen LogP contribution in [0.3, 0.4) is 0 Å². The molecule has 0 radical (unpaired) electrons. The Morgan fingerprint density at radius 2 is 1.95 bits per heavy atom. The molecule has 0 bridgehead atoms. The van der Waals surface area contributed by atoms with Crippen LogP contribution < -0.4 is 5.73 Å². The van der Waals surface area contributed by atoms with Crippen molar-refractivity contribution in [3.63, 3.8) is 0 Å². The number of fused-ring (bicyclic) bond motifs is 3. The van der Waals surface area contributed by atoms with Gasteiger partial charge in [0.15, 0.2) is 5.70 Å². The molecule has 5 heteroatoms. The van der Waals surface area contributed by atoms with Gasteiger partial charge < -0.3 is 5.73 Å². The molecule has 0 heterocycles. The van der Waals surface area contributed by atoms with E-state index in [2.05, 4.69) is 0 Å². The first-order chi connectivity index (χ1) is 9.02. The number of nitrogens with zero attached hydrogens (tertiary/aromatic N) is 1. The first-order valence-corrected chi connectivity index (χ1v) is 5.74. The molecule has 5 nitrogen and oxygen atoms in total. The molecular formula is C14H10N2O3. The van der Waals surface area contributed by atoms with Crippen molar-refractivity contribution in [3.8, 4) is 0 Å². The van der Waals surface area contributed by atoms with E-state index in [-0.39, 0.29) is 11.4 Å². The Bertz CT molecular complexity index is 739. The Kier molecular flexibility index (Phi) is 2.19. The van der Waals surface area contributed by atoms with Crippen LogP contribution in [0.15, 0.2) is 46.8 Å². The minimum atomic E-state index is -0.590. The lowest BCUT2D eigenvalue weighted by atomic mass is 9.87. The molecular weight excluding hydrogens is 244 g/mol. The fourth-order valence-corrected chi connectivity index (χ4v) is 2.61. The van der Waals surface area contributed by atoms with Crippen molar-refractivity contribution < 1.29 is 9.72 Å². The molecule has 0 saturated heterocycles. The molecule has 1 aromatic rings. The number of nitrogens with two attached hydrogens (primary N) is 1.